The Balaban J connectivity index is 1.82. The van der Waals surface area contributed by atoms with Crippen molar-refractivity contribution in [1.29, 1.82) is 0 Å². The van der Waals surface area contributed by atoms with Gasteiger partial charge in [-0.05, 0) is 30.7 Å². The van der Waals surface area contributed by atoms with E-state index in [9.17, 15) is 0 Å². The molecule has 3 rings (SSSR count). The second-order valence-corrected chi connectivity index (χ2v) is 4.36. The van der Waals surface area contributed by atoms with Crippen LogP contribution < -0.4 is 5.32 Å². The Labute approximate surface area is 112 Å². The Morgan fingerprint density at radius 3 is 3.05 bits per heavy atom. The van der Waals surface area contributed by atoms with Gasteiger partial charge in [-0.25, -0.2) is 0 Å². The van der Waals surface area contributed by atoms with Crippen molar-refractivity contribution in [3.63, 3.8) is 0 Å². The summed E-state index contributed by atoms with van der Waals surface area (Å²) in [5.41, 5.74) is 2.31. The molecule has 0 bridgehead atoms. The number of nitrogens with one attached hydrogen (secondary N) is 1. The highest BCUT2D eigenvalue weighted by Gasteiger charge is 2.21. The summed E-state index contributed by atoms with van der Waals surface area (Å²) in [5, 5.41) is 3.16. The molecule has 1 aromatic heterocycles. The molecule has 1 aromatic rings. The van der Waals surface area contributed by atoms with Crippen LogP contribution in [0.2, 0.25) is 0 Å². The van der Waals surface area contributed by atoms with Crippen LogP contribution >= 0.6 is 0 Å². The maximum absolute atomic E-state index is 4.60. The summed E-state index contributed by atoms with van der Waals surface area (Å²) >= 11 is 0. The van der Waals surface area contributed by atoms with Crippen molar-refractivity contribution in [1.82, 2.24) is 15.2 Å². The maximum Gasteiger partial charge on any atom is 0.175 e. The van der Waals surface area contributed by atoms with Crippen LogP contribution in [0.3, 0.4) is 0 Å². The van der Waals surface area contributed by atoms with Gasteiger partial charge >= 0.3 is 0 Å². The van der Waals surface area contributed by atoms with E-state index < -0.39 is 0 Å². The molecule has 0 fully saturated rings. The Morgan fingerprint density at radius 1 is 1.37 bits per heavy atom. The Morgan fingerprint density at radius 2 is 2.21 bits per heavy atom. The number of fused-ring (bicyclic) bond motifs is 1. The van der Waals surface area contributed by atoms with Crippen molar-refractivity contribution in [2.24, 2.45) is 9.98 Å². The third kappa shape index (κ3) is 2.40. The van der Waals surface area contributed by atoms with Gasteiger partial charge in [-0.15, -0.1) is 0 Å². The number of aliphatic imine (C=N–C) groups is 2. The number of amidine groups is 2. The Kier molecular flexibility index (Phi) is 3.10. The predicted octanol–water partition coefficient (Wildman–Crippen LogP) is 1.67. The molecular formula is C14H15N5. The van der Waals surface area contributed by atoms with Gasteiger partial charge in [0.25, 0.3) is 0 Å². The van der Waals surface area contributed by atoms with Gasteiger partial charge in [0.05, 0.1) is 13.1 Å². The van der Waals surface area contributed by atoms with Gasteiger partial charge in [0.1, 0.15) is 0 Å². The average molecular weight is 253 g/mol. The summed E-state index contributed by atoms with van der Waals surface area (Å²) in [6.45, 7) is 3.40. The van der Waals surface area contributed by atoms with Gasteiger partial charge in [0.2, 0.25) is 0 Å². The lowest BCUT2D eigenvalue weighted by Gasteiger charge is -2.29. The summed E-state index contributed by atoms with van der Waals surface area (Å²) in [6, 6.07) is 3.93. The standard InChI is InChI=1S/C14H15N5/c1-11-2-7-17-14-13(16-8-9-19(11)14)18-10-12-3-5-15-6-4-12/h2-6,8-9H,7,10H2,1H3,(H,16,18). The van der Waals surface area contributed by atoms with E-state index in [2.05, 4.69) is 33.3 Å². The van der Waals surface area contributed by atoms with E-state index in [0.29, 0.717) is 13.1 Å². The zero-order valence-electron chi connectivity index (χ0n) is 10.7. The number of hydrogen-bond donors (Lipinski definition) is 1. The second-order valence-electron chi connectivity index (χ2n) is 4.36. The molecule has 19 heavy (non-hydrogen) atoms. The number of hydrogen-bond acceptors (Lipinski definition) is 4. The number of rotatable bonds is 2. The summed E-state index contributed by atoms with van der Waals surface area (Å²) in [5.74, 6) is 1.70. The van der Waals surface area contributed by atoms with Crippen molar-refractivity contribution in [2.75, 3.05) is 6.54 Å². The Bertz CT molecular complexity index is 583. The molecule has 0 unspecified atom stereocenters. The van der Waals surface area contributed by atoms with E-state index in [1.54, 1.807) is 12.4 Å². The molecule has 1 N–H and O–H groups in total. The third-order valence-electron chi connectivity index (χ3n) is 3.06. The average Bonchev–Trinajstić information content (AvgIpc) is 2.47. The first-order chi connectivity index (χ1) is 9.34. The second kappa shape index (κ2) is 5.06. The molecule has 0 atom stereocenters. The van der Waals surface area contributed by atoms with Crippen LogP contribution in [0.5, 0.6) is 0 Å². The molecule has 5 heteroatoms. The quantitative estimate of drug-likeness (QED) is 0.872. The fourth-order valence-electron chi connectivity index (χ4n) is 2.01. The van der Waals surface area contributed by atoms with Crippen molar-refractivity contribution in [3.8, 4) is 0 Å². The monoisotopic (exact) mass is 253 g/mol. The fraction of sp³-hybridized carbons (Fsp3) is 0.214. The van der Waals surface area contributed by atoms with Crippen LogP contribution in [-0.2, 0) is 6.54 Å². The van der Waals surface area contributed by atoms with Crippen molar-refractivity contribution in [3.05, 3.63) is 54.3 Å². The summed E-state index contributed by atoms with van der Waals surface area (Å²) < 4.78 is 0. The SMILES string of the molecule is CC1=CCN=C2C(=NCc3ccncc3)NC=CN12. The molecule has 0 aromatic carbocycles. The van der Waals surface area contributed by atoms with E-state index in [-0.39, 0.29) is 0 Å². The molecule has 3 heterocycles. The summed E-state index contributed by atoms with van der Waals surface area (Å²) in [6.07, 6.45) is 9.50. The maximum atomic E-state index is 4.60. The minimum Gasteiger partial charge on any atom is -0.342 e. The first-order valence-corrected chi connectivity index (χ1v) is 6.22. The van der Waals surface area contributed by atoms with Gasteiger partial charge in [-0.2, -0.15) is 0 Å². The molecule has 0 saturated heterocycles. The van der Waals surface area contributed by atoms with Crippen LogP contribution in [0.4, 0.5) is 0 Å². The van der Waals surface area contributed by atoms with E-state index in [1.807, 2.05) is 29.4 Å². The normalized spacial score (nSPS) is 19.6. The van der Waals surface area contributed by atoms with E-state index in [1.165, 1.54) is 5.70 Å². The lowest BCUT2D eigenvalue weighted by molar-refractivity contribution is 0.660. The zero-order valence-corrected chi connectivity index (χ0v) is 10.7. The van der Waals surface area contributed by atoms with E-state index in [4.69, 9.17) is 0 Å². The summed E-state index contributed by atoms with van der Waals surface area (Å²) in [4.78, 5) is 15.2. The molecule has 2 aliphatic heterocycles. The van der Waals surface area contributed by atoms with Gasteiger partial charge in [-0.3, -0.25) is 15.0 Å². The highest BCUT2D eigenvalue weighted by Crippen LogP contribution is 2.14. The predicted molar refractivity (Wildman–Crippen MR) is 75.5 cm³/mol. The Hall–Kier alpha value is -2.43. The van der Waals surface area contributed by atoms with Crippen LogP contribution in [0, 0.1) is 0 Å². The van der Waals surface area contributed by atoms with Crippen LogP contribution in [0.15, 0.2) is 58.7 Å². The fourth-order valence-corrected chi connectivity index (χ4v) is 2.01. The molecule has 0 spiro atoms. The topological polar surface area (TPSA) is 52.9 Å². The minimum absolute atomic E-state index is 0.619. The number of aromatic nitrogens is 1. The zero-order chi connectivity index (χ0) is 13.1. The molecule has 0 radical (unpaired) electrons. The molecule has 0 amide bonds. The first-order valence-electron chi connectivity index (χ1n) is 6.22. The van der Waals surface area contributed by atoms with Crippen LogP contribution in [0.25, 0.3) is 0 Å². The highest BCUT2D eigenvalue weighted by molar-refractivity contribution is 6.41. The molecule has 0 saturated carbocycles. The number of allylic oxidation sites excluding steroid dienone is 1. The number of pyridine rings is 1. The highest BCUT2D eigenvalue weighted by atomic mass is 15.3. The lowest BCUT2D eigenvalue weighted by Crippen LogP contribution is -2.43. The summed E-state index contributed by atoms with van der Waals surface area (Å²) in [7, 11) is 0. The lowest BCUT2D eigenvalue weighted by atomic mass is 10.2. The van der Waals surface area contributed by atoms with E-state index >= 15 is 0 Å². The third-order valence-corrected chi connectivity index (χ3v) is 3.06. The first kappa shape index (κ1) is 11.6. The molecule has 5 nitrogen and oxygen atoms in total. The van der Waals surface area contributed by atoms with Crippen molar-refractivity contribution < 1.29 is 0 Å². The van der Waals surface area contributed by atoms with Crippen LogP contribution in [-0.4, -0.2) is 28.1 Å². The van der Waals surface area contributed by atoms with Gasteiger partial charge in [0.15, 0.2) is 11.7 Å². The van der Waals surface area contributed by atoms with E-state index in [0.717, 1.165) is 17.2 Å². The number of nitrogens with zero attached hydrogens (tertiary/aromatic N) is 4. The minimum atomic E-state index is 0.619. The largest absolute Gasteiger partial charge is 0.342 e. The van der Waals surface area contributed by atoms with Crippen molar-refractivity contribution in [2.45, 2.75) is 13.5 Å². The smallest absolute Gasteiger partial charge is 0.175 e. The molecule has 96 valence electrons. The molecule has 0 aliphatic carbocycles. The molecular weight excluding hydrogens is 238 g/mol. The van der Waals surface area contributed by atoms with Crippen LogP contribution in [0.1, 0.15) is 12.5 Å². The molecule has 2 aliphatic rings. The van der Waals surface area contributed by atoms with Crippen molar-refractivity contribution >= 4 is 11.7 Å². The van der Waals surface area contributed by atoms with Gasteiger partial charge in [-0.1, -0.05) is 0 Å². The van der Waals surface area contributed by atoms with Gasteiger partial charge in [0, 0.05) is 30.5 Å². The van der Waals surface area contributed by atoms with Gasteiger partial charge < -0.3 is 10.2 Å².